The fourth-order valence-electron chi connectivity index (χ4n) is 1.65. The number of nitrogens with one attached hydrogen (secondary N) is 1. The zero-order valence-electron chi connectivity index (χ0n) is 12.7. The summed E-state index contributed by atoms with van der Waals surface area (Å²) in [5.74, 6) is -1.68. The molecule has 0 fully saturated rings. The number of carboxylic acid groups (broad SMARTS) is 1. The number of urea groups is 1. The highest BCUT2D eigenvalue weighted by Gasteiger charge is 2.26. The Morgan fingerprint density at radius 3 is 2.38 bits per heavy atom. The van der Waals surface area contributed by atoms with Gasteiger partial charge in [0.1, 0.15) is 6.54 Å². The van der Waals surface area contributed by atoms with Crippen molar-refractivity contribution >= 4 is 18.0 Å². The van der Waals surface area contributed by atoms with Gasteiger partial charge < -0.3 is 25.2 Å². The number of amides is 2. The van der Waals surface area contributed by atoms with E-state index >= 15 is 0 Å². The van der Waals surface area contributed by atoms with Crippen molar-refractivity contribution in [2.24, 2.45) is 0 Å². The lowest BCUT2D eigenvalue weighted by atomic mass is 10.0. The van der Waals surface area contributed by atoms with Crippen molar-refractivity contribution in [3.63, 3.8) is 0 Å². The summed E-state index contributed by atoms with van der Waals surface area (Å²) in [5, 5.41) is 20.9. The molecule has 0 aliphatic carbocycles. The van der Waals surface area contributed by atoms with E-state index in [1.807, 2.05) is 6.92 Å². The fraction of sp³-hybridized carbons (Fsp3) is 0.769. The Kier molecular flexibility index (Phi) is 8.37. The number of nitrogens with zero attached hydrogens (tertiary/aromatic N) is 1. The highest BCUT2D eigenvalue weighted by molar-refractivity contribution is 5.81. The van der Waals surface area contributed by atoms with E-state index in [-0.39, 0.29) is 19.7 Å². The van der Waals surface area contributed by atoms with Gasteiger partial charge in [-0.2, -0.15) is 0 Å². The van der Waals surface area contributed by atoms with Crippen LogP contribution in [0.1, 0.15) is 33.6 Å². The largest absolute Gasteiger partial charge is 0.481 e. The van der Waals surface area contributed by atoms with Crippen LogP contribution in [0.15, 0.2) is 0 Å². The smallest absolute Gasteiger partial charge is 0.325 e. The van der Waals surface area contributed by atoms with Gasteiger partial charge in [0, 0.05) is 13.1 Å². The summed E-state index contributed by atoms with van der Waals surface area (Å²) < 4.78 is 4.78. The van der Waals surface area contributed by atoms with Gasteiger partial charge in [-0.05, 0) is 20.3 Å². The zero-order valence-corrected chi connectivity index (χ0v) is 12.7. The summed E-state index contributed by atoms with van der Waals surface area (Å²) in [6.45, 7) is 5.02. The van der Waals surface area contributed by atoms with Crippen LogP contribution in [0.5, 0.6) is 0 Å². The van der Waals surface area contributed by atoms with Crippen molar-refractivity contribution in [3.05, 3.63) is 0 Å². The number of rotatable bonds is 9. The Morgan fingerprint density at radius 2 is 1.90 bits per heavy atom. The van der Waals surface area contributed by atoms with E-state index < -0.39 is 30.0 Å². The third kappa shape index (κ3) is 8.85. The molecule has 0 heterocycles. The molecule has 0 saturated heterocycles. The van der Waals surface area contributed by atoms with Crippen molar-refractivity contribution < 1.29 is 29.3 Å². The van der Waals surface area contributed by atoms with E-state index in [0.717, 1.165) is 0 Å². The molecule has 1 unspecified atom stereocenters. The highest BCUT2D eigenvalue weighted by atomic mass is 16.5. The Morgan fingerprint density at radius 1 is 1.29 bits per heavy atom. The van der Waals surface area contributed by atoms with E-state index in [0.29, 0.717) is 13.0 Å². The number of ether oxygens (including phenoxy) is 1. The van der Waals surface area contributed by atoms with Gasteiger partial charge >= 0.3 is 18.0 Å². The van der Waals surface area contributed by atoms with Gasteiger partial charge in [-0.25, -0.2) is 4.79 Å². The summed E-state index contributed by atoms with van der Waals surface area (Å²) in [6, 6.07) is -0.546. The lowest BCUT2D eigenvalue weighted by Gasteiger charge is -2.25. The molecule has 0 rings (SSSR count). The van der Waals surface area contributed by atoms with Gasteiger partial charge in [0.25, 0.3) is 0 Å². The van der Waals surface area contributed by atoms with Crippen LogP contribution in [0.3, 0.4) is 0 Å². The number of carbonyl (C=O) groups excluding carboxylic acids is 2. The standard InChI is InChI=1S/C13H24N2O6/c1-4-6-15(8-11(18)21-5-2)12(19)14-9-13(3,20)7-10(16)17/h20H,4-9H2,1-3H3,(H,14,19)(H,16,17). The lowest BCUT2D eigenvalue weighted by Crippen LogP contribution is -2.49. The first-order valence-electron chi connectivity index (χ1n) is 6.84. The molecule has 8 heteroatoms. The summed E-state index contributed by atoms with van der Waals surface area (Å²) in [6.07, 6.45) is 0.164. The molecule has 0 spiro atoms. The average Bonchev–Trinajstić information content (AvgIpc) is 2.34. The summed E-state index contributed by atoms with van der Waals surface area (Å²) in [7, 11) is 0. The number of carbonyl (C=O) groups is 3. The minimum absolute atomic E-state index is 0.186. The van der Waals surface area contributed by atoms with Crippen LogP contribution < -0.4 is 5.32 Å². The Balaban J connectivity index is 4.47. The maximum absolute atomic E-state index is 12.0. The highest BCUT2D eigenvalue weighted by Crippen LogP contribution is 2.07. The molecule has 0 aromatic rings. The molecule has 0 aliphatic heterocycles. The minimum atomic E-state index is -1.55. The fourth-order valence-corrected chi connectivity index (χ4v) is 1.65. The predicted molar refractivity (Wildman–Crippen MR) is 74.8 cm³/mol. The molecule has 8 nitrogen and oxygen atoms in total. The van der Waals surface area contributed by atoms with E-state index in [9.17, 15) is 19.5 Å². The minimum Gasteiger partial charge on any atom is -0.481 e. The summed E-state index contributed by atoms with van der Waals surface area (Å²) in [4.78, 5) is 35.2. The van der Waals surface area contributed by atoms with Crippen LogP contribution >= 0.6 is 0 Å². The monoisotopic (exact) mass is 304 g/mol. The molecule has 2 amide bonds. The Hall–Kier alpha value is -1.83. The second-order valence-electron chi connectivity index (χ2n) is 4.95. The van der Waals surface area contributed by atoms with Crippen molar-refractivity contribution in [1.29, 1.82) is 0 Å². The van der Waals surface area contributed by atoms with Gasteiger partial charge in [0.2, 0.25) is 0 Å². The molecule has 0 aromatic heterocycles. The second-order valence-corrected chi connectivity index (χ2v) is 4.95. The normalized spacial score (nSPS) is 13.1. The van der Waals surface area contributed by atoms with Crippen LogP contribution in [0, 0.1) is 0 Å². The zero-order chi connectivity index (χ0) is 16.5. The second kappa shape index (κ2) is 9.17. The van der Waals surface area contributed by atoms with Gasteiger partial charge in [0.05, 0.1) is 18.6 Å². The van der Waals surface area contributed by atoms with Gasteiger partial charge in [-0.15, -0.1) is 0 Å². The van der Waals surface area contributed by atoms with Crippen molar-refractivity contribution in [3.8, 4) is 0 Å². The first-order chi connectivity index (χ1) is 9.71. The molecule has 122 valence electrons. The summed E-state index contributed by atoms with van der Waals surface area (Å²) >= 11 is 0. The predicted octanol–water partition coefficient (Wildman–Crippen LogP) is 0.197. The molecule has 0 saturated carbocycles. The summed E-state index contributed by atoms with van der Waals surface area (Å²) in [5.41, 5.74) is -1.55. The number of aliphatic carboxylic acids is 1. The third-order valence-electron chi connectivity index (χ3n) is 2.56. The first kappa shape index (κ1) is 19.2. The first-order valence-corrected chi connectivity index (χ1v) is 6.84. The lowest BCUT2D eigenvalue weighted by molar-refractivity contribution is -0.144. The quantitative estimate of drug-likeness (QED) is 0.524. The van der Waals surface area contributed by atoms with E-state index in [1.54, 1.807) is 6.92 Å². The van der Waals surface area contributed by atoms with Gasteiger partial charge in [-0.3, -0.25) is 9.59 Å². The Labute approximate surface area is 124 Å². The molecule has 0 aliphatic rings. The molecular weight excluding hydrogens is 280 g/mol. The van der Waals surface area contributed by atoms with Crippen LogP contribution in [0.2, 0.25) is 0 Å². The van der Waals surface area contributed by atoms with Gasteiger partial charge in [-0.1, -0.05) is 6.92 Å². The molecule has 0 aromatic carbocycles. The Bertz CT molecular complexity index is 370. The van der Waals surface area contributed by atoms with Crippen LogP contribution in [0.4, 0.5) is 4.79 Å². The number of hydrogen-bond acceptors (Lipinski definition) is 5. The van der Waals surface area contributed by atoms with Crippen molar-refractivity contribution in [2.45, 2.75) is 39.2 Å². The number of carboxylic acids is 1. The molecular formula is C13H24N2O6. The third-order valence-corrected chi connectivity index (χ3v) is 2.56. The molecule has 0 radical (unpaired) electrons. The number of hydrogen-bond donors (Lipinski definition) is 3. The van der Waals surface area contributed by atoms with Crippen LogP contribution in [-0.2, 0) is 14.3 Å². The van der Waals surface area contributed by atoms with Crippen LogP contribution in [0.25, 0.3) is 0 Å². The SMILES string of the molecule is CCCN(CC(=O)OCC)C(=O)NCC(C)(O)CC(=O)O. The van der Waals surface area contributed by atoms with Crippen molar-refractivity contribution in [1.82, 2.24) is 10.2 Å². The van der Waals surface area contributed by atoms with E-state index in [4.69, 9.17) is 9.84 Å². The molecule has 1 atom stereocenters. The molecule has 0 bridgehead atoms. The van der Waals surface area contributed by atoms with E-state index in [1.165, 1.54) is 11.8 Å². The number of esters is 1. The maximum atomic E-state index is 12.0. The van der Waals surface area contributed by atoms with Crippen LogP contribution in [-0.4, -0.2) is 64.9 Å². The molecule has 3 N–H and O–H groups in total. The van der Waals surface area contributed by atoms with Crippen molar-refractivity contribution in [2.75, 3.05) is 26.2 Å². The number of aliphatic hydroxyl groups is 1. The van der Waals surface area contributed by atoms with E-state index in [2.05, 4.69) is 5.32 Å². The average molecular weight is 304 g/mol. The topological polar surface area (TPSA) is 116 Å². The maximum Gasteiger partial charge on any atom is 0.325 e. The molecule has 21 heavy (non-hydrogen) atoms. The van der Waals surface area contributed by atoms with Gasteiger partial charge in [0.15, 0.2) is 0 Å².